The molecular weight excluding hydrogens is 1660 g/mol. The maximum absolute atomic E-state index is 4.41. The van der Waals surface area contributed by atoms with E-state index in [1.807, 2.05) is 55.4 Å². The average molecular weight is 1830 g/mol. The minimum Gasteiger partial charge on any atom is -0.264 e. The number of rotatable bonds is 10. The zero-order valence-electron chi connectivity index (χ0n) is 80.8. The molecule has 2 aliphatic rings. The van der Waals surface area contributed by atoms with Gasteiger partial charge in [0.05, 0.1) is 22.2 Å². The topological polar surface area (TPSA) is 64.5 Å². The Hall–Kier alpha value is -12.3. The van der Waals surface area contributed by atoms with Gasteiger partial charge in [-0.05, 0) is 250 Å². The van der Waals surface area contributed by atoms with Crippen molar-refractivity contribution in [2.24, 2.45) is 11.8 Å². The van der Waals surface area contributed by atoms with Gasteiger partial charge in [0, 0.05) is 64.1 Å². The maximum Gasteiger partial charge on any atom is 0.0736 e. The van der Waals surface area contributed by atoms with E-state index in [0.717, 1.165) is 40.2 Å². The second-order valence-electron chi connectivity index (χ2n) is 37.6. The van der Waals surface area contributed by atoms with Gasteiger partial charge in [0.25, 0.3) is 0 Å². The summed E-state index contributed by atoms with van der Waals surface area (Å²) in [5.41, 5.74) is 20.7. The molecule has 0 saturated heterocycles. The largest absolute Gasteiger partial charge is 0.264 e. The van der Waals surface area contributed by atoms with Crippen LogP contribution in [0.2, 0.25) is 0 Å². The van der Waals surface area contributed by atoms with Crippen LogP contribution in [0.3, 0.4) is 0 Å². The van der Waals surface area contributed by atoms with Crippen LogP contribution in [0.15, 0.2) is 359 Å². The molecule has 0 radical (unpaired) electrons. The third-order valence-corrected chi connectivity index (χ3v) is 25.0. The fourth-order valence-corrected chi connectivity index (χ4v) is 17.9. The zero-order chi connectivity index (χ0) is 91.9. The number of aromatic nitrogens is 5. The Bertz CT molecular complexity index is 5630. The van der Waals surface area contributed by atoms with E-state index in [9.17, 15) is 0 Å². The molecule has 5 heteroatoms. The lowest BCUT2D eigenvalue weighted by atomic mass is 9.77. The molecule has 0 N–H and O–H groups in total. The van der Waals surface area contributed by atoms with E-state index < -0.39 is 0 Å². The summed E-state index contributed by atoms with van der Waals surface area (Å²) in [5.74, 6) is 7.77. The third kappa shape index (κ3) is 33.0. The van der Waals surface area contributed by atoms with Gasteiger partial charge in [0.1, 0.15) is 0 Å². The maximum atomic E-state index is 4.41. The highest BCUT2D eigenvalue weighted by atomic mass is 14.7. The summed E-state index contributed by atoms with van der Waals surface area (Å²) in [6.45, 7) is 44.7. The summed E-state index contributed by atoms with van der Waals surface area (Å²) < 4.78 is 0. The van der Waals surface area contributed by atoms with Crippen molar-refractivity contribution in [3.05, 3.63) is 426 Å². The standard InChI is InChI=1S/C13H18.3C13H14.5C12H13N.C12H16.8CH4/c3*1-10(2)12-9-5-7-11-6-3-4-8-13(11)12;1-10(2)12-8-7-11-5-3-4-6-13(11)9-12;1-9(2)10-5-3-7-12-11(10)6-4-8-13-12;1-9(2)11-7-3-5-10-6-4-8-13-12(10)11;1-9(2)11-5-3-4-10-6-7-13-8-12(10)11;1-9(2)10-7-8-13-12-6-4-3-5-11(10)12;1-9(2)12-11-6-4-3-5-10(11)7-8-13-12;1-9(2)11-8-7-10-5-3-4-6-12(10)11;;;;;;;;/h3-4,6,8,10,12H,5,7,9H2,1-2H3;3*3-10H,1-2H3;5*3-9H,1-2H3;3-6,9,11H,7-8H2,1-2H3;8*1H4. The van der Waals surface area contributed by atoms with E-state index in [0.29, 0.717) is 47.3 Å². The quantitative estimate of drug-likeness (QED) is 0.137. The Morgan fingerprint density at radius 1 is 0.226 bits per heavy atom. The number of hydrogen-bond acceptors (Lipinski definition) is 5. The van der Waals surface area contributed by atoms with Crippen LogP contribution in [0.1, 0.15) is 343 Å². The molecular formula is C132H173N5. The van der Waals surface area contributed by atoms with Gasteiger partial charge in [-0.15, -0.1) is 0 Å². The average Bonchev–Trinajstić information content (AvgIpc) is 1.39. The highest BCUT2D eigenvalue weighted by Gasteiger charge is 2.25. The number of pyridine rings is 5. The molecule has 2 aliphatic carbocycles. The lowest BCUT2D eigenvalue weighted by Gasteiger charge is -2.28. The zero-order valence-corrected chi connectivity index (χ0v) is 80.8. The fourth-order valence-electron chi connectivity index (χ4n) is 17.9. The van der Waals surface area contributed by atoms with E-state index in [-0.39, 0.29) is 59.4 Å². The molecule has 20 rings (SSSR count). The monoisotopic (exact) mass is 1830 g/mol. The van der Waals surface area contributed by atoms with Gasteiger partial charge in [-0.2, -0.15) is 0 Å². The van der Waals surface area contributed by atoms with Crippen LogP contribution in [0.4, 0.5) is 0 Å². The van der Waals surface area contributed by atoms with Crippen molar-refractivity contribution in [2.45, 2.75) is 289 Å². The van der Waals surface area contributed by atoms with Gasteiger partial charge in [0.15, 0.2) is 0 Å². The molecule has 726 valence electrons. The Morgan fingerprint density at radius 3 is 1.09 bits per heavy atom. The Morgan fingerprint density at radius 2 is 0.577 bits per heavy atom. The van der Waals surface area contributed by atoms with Crippen molar-refractivity contribution in [2.75, 3.05) is 0 Å². The summed E-state index contributed by atoms with van der Waals surface area (Å²) in [6, 6.07) is 113. The summed E-state index contributed by atoms with van der Waals surface area (Å²) >= 11 is 0. The van der Waals surface area contributed by atoms with Crippen LogP contribution < -0.4 is 0 Å². The smallest absolute Gasteiger partial charge is 0.0736 e. The predicted molar refractivity (Wildman–Crippen MR) is 616 cm³/mol. The number of aryl methyl sites for hydroxylation is 2. The van der Waals surface area contributed by atoms with Crippen LogP contribution in [-0.4, -0.2) is 24.9 Å². The molecule has 2 atom stereocenters. The third-order valence-electron chi connectivity index (χ3n) is 25.0. The van der Waals surface area contributed by atoms with Crippen molar-refractivity contribution in [3.8, 4) is 0 Å². The van der Waals surface area contributed by atoms with E-state index in [1.165, 1.54) is 147 Å². The lowest BCUT2D eigenvalue weighted by molar-refractivity contribution is 0.433. The first-order valence-electron chi connectivity index (χ1n) is 47.6. The fraction of sp³-hybridized carbons (Fsp3) is 0.341. The minimum absolute atomic E-state index is 0. The molecule has 0 saturated carbocycles. The van der Waals surface area contributed by atoms with Crippen LogP contribution >= 0.6 is 0 Å². The number of benzene rings is 13. The van der Waals surface area contributed by atoms with E-state index in [1.54, 1.807) is 22.3 Å². The van der Waals surface area contributed by atoms with Gasteiger partial charge in [-0.3, -0.25) is 24.9 Å². The Balaban J connectivity index is 0.000000389. The van der Waals surface area contributed by atoms with Gasteiger partial charge >= 0.3 is 0 Å². The summed E-state index contributed by atoms with van der Waals surface area (Å²) in [7, 11) is 0. The first-order chi connectivity index (χ1) is 62.4. The van der Waals surface area contributed by atoms with Gasteiger partial charge in [0.2, 0.25) is 0 Å². The van der Waals surface area contributed by atoms with Gasteiger partial charge < -0.3 is 0 Å². The molecule has 0 spiro atoms. The SMILES string of the molecule is C.C.C.C.C.C.C.C.CC(C)C1CCCc2ccccc21.CC(C)C1CCc2ccccc21.CC(C)c1ccc2ccccc2c1.CC(C)c1cccc2ccccc12.CC(C)c1cccc2ccccc12.CC(C)c1cccc2cccnc12.CC(C)c1cccc2ccncc12.CC(C)c1cccc2ncccc12.CC(C)c1ccnc2ccccc12.CC(C)c1nccc2ccccc12. The van der Waals surface area contributed by atoms with Crippen LogP contribution in [0.25, 0.3) is 86.6 Å². The van der Waals surface area contributed by atoms with Gasteiger partial charge in [-0.1, -0.05) is 477 Å². The van der Waals surface area contributed by atoms with Crippen molar-refractivity contribution < 1.29 is 0 Å². The molecule has 0 fully saturated rings. The first-order valence-corrected chi connectivity index (χ1v) is 47.6. The molecule has 5 aromatic heterocycles. The van der Waals surface area contributed by atoms with Crippen molar-refractivity contribution in [1.29, 1.82) is 0 Å². The van der Waals surface area contributed by atoms with Crippen LogP contribution in [0.5, 0.6) is 0 Å². The number of nitrogens with zero attached hydrogens (tertiary/aromatic N) is 5. The molecule has 0 aliphatic heterocycles. The van der Waals surface area contributed by atoms with Crippen molar-refractivity contribution in [3.63, 3.8) is 0 Å². The highest BCUT2D eigenvalue weighted by molar-refractivity contribution is 5.90. The van der Waals surface area contributed by atoms with Crippen molar-refractivity contribution >= 4 is 86.6 Å². The number of hydrogen-bond donors (Lipinski definition) is 0. The van der Waals surface area contributed by atoms with E-state index >= 15 is 0 Å². The Kier molecular flexibility index (Phi) is 51.7. The number of para-hydroxylation sites is 2. The summed E-state index contributed by atoms with van der Waals surface area (Å²) in [6.07, 6.45) is 18.0. The molecule has 5 heterocycles. The minimum atomic E-state index is 0. The second kappa shape index (κ2) is 59.6. The predicted octanol–water partition coefficient (Wildman–Crippen LogP) is 40.9. The van der Waals surface area contributed by atoms with Crippen LogP contribution in [0, 0.1) is 11.8 Å². The lowest BCUT2D eigenvalue weighted by Crippen LogP contribution is -2.14. The number of fused-ring (bicyclic) bond motifs is 10. The van der Waals surface area contributed by atoms with Crippen molar-refractivity contribution in [1.82, 2.24) is 24.9 Å². The molecule has 13 aromatic carbocycles. The molecule has 5 nitrogen and oxygen atoms in total. The molecule has 0 amide bonds. The normalized spacial score (nSPS) is 12.3. The molecule has 2 unspecified atom stereocenters. The first kappa shape index (κ1) is 119. The van der Waals surface area contributed by atoms with Crippen LogP contribution in [-0.2, 0) is 12.8 Å². The second-order valence-corrected chi connectivity index (χ2v) is 37.6. The summed E-state index contributed by atoms with van der Waals surface area (Å²) in [4.78, 5) is 21.6. The summed E-state index contributed by atoms with van der Waals surface area (Å²) in [5, 5.41) is 17.0. The van der Waals surface area contributed by atoms with Gasteiger partial charge in [-0.25, -0.2) is 0 Å². The molecule has 18 aromatic rings. The Labute approximate surface area is 832 Å². The molecule has 137 heavy (non-hydrogen) atoms. The highest BCUT2D eigenvalue weighted by Crippen LogP contribution is 2.40. The van der Waals surface area contributed by atoms with E-state index in [4.69, 9.17) is 0 Å². The molecule has 0 bridgehead atoms. The van der Waals surface area contributed by atoms with E-state index in [2.05, 4.69) is 467 Å².